The third kappa shape index (κ3) is 3.69. The lowest BCUT2D eigenvalue weighted by Crippen LogP contribution is -2.35. The van der Waals surface area contributed by atoms with Crippen molar-refractivity contribution in [3.8, 4) is 0 Å². The number of nitrogens with zero attached hydrogens (tertiary/aromatic N) is 1. The lowest BCUT2D eigenvalue weighted by Gasteiger charge is -2.19. The Hall–Kier alpha value is -1.64. The number of aryl methyl sites for hydroxylation is 1. The fourth-order valence-corrected chi connectivity index (χ4v) is 2.53. The summed E-state index contributed by atoms with van der Waals surface area (Å²) in [6, 6.07) is 7.71. The molecule has 0 bridgehead atoms. The molecule has 0 radical (unpaired) electrons. The fraction of sp³-hybridized carbons (Fsp3) is 0.529. The van der Waals surface area contributed by atoms with Gasteiger partial charge in [-0.2, -0.15) is 0 Å². The Morgan fingerprint density at radius 2 is 1.95 bits per heavy atom. The maximum absolute atomic E-state index is 12.3. The van der Waals surface area contributed by atoms with Gasteiger partial charge < -0.3 is 4.90 Å². The molecule has 1 heterocycles. The SMILES string of the molecule is CCc1ccc(C(=O)CN2CCC(C)CCC2=O)cc1. The number of rotatable bonds is 4. The summed E-state index contributed by atoms with van der Waals surface area (Å²) in [4.78, 5) is 26.0. The summed E-state index contributed by atoms with van der Waals surface area (Å²) in [5, 5.41) is 0. The third-order valence-corrected chi connectivity index (χ3v) is 4.11. The second kappa shape index (κ2) is 6.69. The molecule has 1 aliphatic rings. The molecule has 1 fully saturated rings. The smallest absolute Gasteiger partial charge is 0.222 e. The predicted molar refractivity (Wildman–Crippen MR) is 79.7 cm³/mol. The van der Waals surface area contributed by atoms with Crippen LogP contribution in [0.2, 0.25) is 0 Å². The van der Waals surface area contributed by atoms with E-state index in [0.29, 0.717) is 24.4 Å². The van der Waals surface area contributed by atoms with Gasteiger partial charge in [0.25, 0.3) is 0 Å². The molecule has 2 rings (SSSR count). The average molecular weight is 273 g/mol. The molecule has 1 saturated heterocycles. The molecule has 1 atom stereocenters. The van der Waals surface area contributed by atoms with Crippen molar-refractivity contribution in [3.63, 3.8) is 0 Å². The summed E-state index contributed by atoms with van der Waals surface area (Å²) < 4.78 is 0. The highest BCUT2D eigenvalue weighted by Gasteiger charge is 2.22. The lowest BCUT2D eigenvalue weighted by atomic mass is 10.0. The van der Waals surface area contributed by atoms with E-state index in [1.54, 1.807) is 4.90 Å². The largest absolute Gasteiger partial charge is 0.335 e. The Bertz CT molecular complexity index is 478. The van der Waals surface area contributed by atoms with E-state index in [0.717, 1.165) is 19.3 Å². The average Bonchev–Trinajstić information content (AvgIpc) is 2.63. The van der Waals surface area contributed by atoms with Crippen molar-refractivity contribution >= 4 is 11.7 Å². The Balaban J connectivity index is 2.00. The van der Waals surface area contributed by atoms with E-state index < -0.39 is 0 Å². The summed E-state index contributed by atoms with van der Waals surface area (Å²) in [5.41, 5.74) is 1.92. The molecule has 0 saturated carbocycles. The molecule has 20 heavy (non-hydrogen) atoms. The van der Waals surface area contributed by atoms with Gasteiger partial charge in [-0.25, -0.2) is 0 Å². The van der Waals surface area contributed by atoms with E-state index >= 15 is 0 Å². The molecule has 0 aliphatic carbocycles. The molecule has 3 heteroatoms. The van der Waals surface area contributed by atoms with Crippen molar-refractivity contribution in [3.05, 3.63) is 35.4 Å². The molecule has 3 nitrogen and oxygen atoms in total. The van der Waals surface area contributed by atoms with Crippen LogP contribution in [0.15, 0.2) is 24.3 Å². The first kappa shape index (κ1) is 14.8. The molecule has 1 aliphatic heterocycles. The quantitative estimate of drug-likeness (QED) is 0.791. The van der Waals surface area contributed by atoms with Crippen LogP contribution in [0, 0.1) is 5.92 Å². The summed E-state index contributed by atoms with van der Waals surface area (Å²) in [6.45, 7) is 5.19. The van der Waals surface area contributed by atoms with Crippen LogP contribution in [0.3, 0.4) is 0 Å². The standard InChI is InChI=1S/C17H23NO2/c1-3-14-5-7-15(8-6-14)16(19)12-18-11-10-13(2)4-9-17(18)20/h5-8,13H,3-4,9-12H2,1-2H3. The minimum atomic E-state index is 0.0376. The number of likely N-dealkylation sites (tertiary alicyclic amines) is 1. The first-order valence-electron chi connectivity index (χ1n) is 7.50. The first-order valence-corrected chi connectivity index (χ1v) is 7.50. The van der Waals surface area contributed by atoms with Gasteiger partial charge in [0.2, 0.25) is 5.91 Å². The molecule has 1 amide bonds. The van der Waals surface area contributed by atoms with Crippen molar-refractivity contribution in [1.29, 1.82) is 0 Å². The zero-order valence-corrected chi connectivity index (χ0v) is 12.4. The summed E-state index contributed by atoms with van der Waals surface area (Å²) in [7, 11) is 0. The van der Waals surface area contributed by atoms with E-state index in [1.165, 1.54) is 5.56 Å². The highest BCUT2D eigenvalue weighted by atomic mass is 16.2. The topological polar surface area (TPSA) is 37.4 Å². The minimum Gasteiger partial charge on any atom is -0.335 e. The maximum atomic E-state index is 12.3. The Morgan fingerprint density at radius 3 is 2.60 bits per heavy atom. The van der Waals surface area contributed by atoms with Crippen LogP contribution in [0.5, 0.6) is 0 Å². The highest BCUT2D eigenvalue weighted by Crippen LogP contribution is 2.18. The van der Waals surface area contributed by atoms with Crippen molar-refractivity contribution in [1.82, 2.24) is 4.90 Å². The number of hydrogen-bond donors (Lipinski definition) is 0. The number of ketones is 1. The Kier molecular flexibility index (Phi) is 4.94. The summed E-state index contributed by atoms with van der Waals surface area (Å²) >= 11 is 0. The molecule has 0 spiro atoms. The number of benzene rings is 1. The minimum absolute atomic E-state index is 0.0376. The van der Waals surface area contributed by atoms with Crippen LogP contribution >= 0.6 is 0 Å². The van der Waals surface area contributed by atoms with Gasteiger partial charge in [-0.05, 0) is 30.7 Å². The van der Waals surface area contributed by atoms with Crippen LogP contribution in [0.25, 0.3) is 0 Å². The Labute approximate surface area is 121 Å². The van der Waals surface area contributed by atoms with Gasteiger partial charge in [0.15, 0.2) is 5.78 Å². The van der Waals surface area contributed by atoms with E-state index in [-0.39, 0.29) is 18.2 Å². The number of hydrogen-bond acceptors (Lipinski definition) is 2. The summed E-state index contributed by atoms with van der Waals surface area (Å²) in [6.07, 6.45) is 3.47. The molecular weight excluding hydrogens is 250 g/mol. The zero-order valence-electron chi connectivity index (χ0n) is 12.4. The van der Waals surface area contributed by atoms with Gasteiger partial charge >= 0.3 is 0 Å². The normalized spacial score (nSPS) is 19.8. The second-order valence-electron chi connectivity index (χ2n) is 5.72. The van der Waals surface area contributed by atoms with Gasteiger partial charge in [-0.1, -0.05) is 38.1 Å². The molecule has 1 aromatic carbocycles. The Morgan fingerprint density at radius 1 is 1.25 bits per heavy atom. The maximum Gasteiger partial charge on any atom is 0.222 e. The zero-order chi connectivity index (χ0) is 14.5. The highest BCUT2D eigenvalue weighted by molar-refractivity contribution is 5.99. The number of amides is 1. The second-order valence-corrected chi connectivity index (χ2v) is 5.72. The molecule has 0 N–H and O–H groups in total. The van der Waals surface area contributed by atoms with Gasteiger partial charge in [0.05, 0.1) is 6.54 Å². The van der Waals surface area contributed by atoms with Crippen molar-refractivity contribution < 1.29 is 9.59 Å². The van der Waals surface area contributed by atoms with Crippen molar-refractivity contribution in [2.45, 2.75) is 39.5 Å². The predicted octanol–water partition coefficient (Wildman–Crippen LogP) is 3.08. The molecule has 108 valence electrons. The van der Waals surface area contributed by atoms with Crippen LogP contribution in [-0.2, 0) is 11.2 Å². The van der Waals surface area contributed by atoms with Gasteiger partial charge in [0, 0.05) is 18.5 Å². The van der Waals surface area contributed by atoms with Crippen molar-refractivity contribution in [2.24, 2.45) is 5.92 Å². The van der Waals surface area contributed by atoms with E-state index in [2.05, 4.69) is 13.8 Å². The first-order chi connectivity index (χ1) is 9.60. The molecular formula is C17H23NO2. The third-order valence-electron chi connectivity index (χ3n) is 4.11. The number of carbonyl (C=O) groups excluding carboxylic acids is 2. The van der Waals surface area contributed by atoms with E-state index in [9.17, 15) is 9.59 Å². The fourth-order valence-electron chi connectivity index (χ4n) is 2.53. The van der Waals surface area contributed by atoms with Crippen molar-refractivity contribution in [2.75, 3.05) is 13.1 Å². The molecule has 0 aromatic heterocycles. The lowest BCUT2D eigenvalue weighted by molar-refractivity contribution is -0.130. The van der Waals surface area contributed by atoms with Gasteiger partial charge in [-0.15, -0.1) is 0 Å². The van der Waals surface area contributed by atoms with E-state index in [1.807, 2.05) is 24.3 Å². The molecule has 1 unspecified atom stereocenters. The summed E-state index contributed by atoms with van der Waals surface area (Å²) in [5.74, 6) is 0.728. The number of Topliss-reactive ketones (excluding diaryl/α,β-unsaturated/α-hetero) is 1. The van der Waals surface area contributed by atoms with Gasteiger partial charge in [-0.3, -0.25) is 9.59 Å². The van der Waals surface area contributed by atoms with Gasteiger partial charge in [0.1, 0.15) is 0 Å². The van der Waals surface area contributed by atoms with Crippen LogP contribution < -0.4 is 0 Å². The van der Waals surface area contributed by atoms with Crippen LogP contribution in [0.4, 0.5) is 0 Å². The number of carbonyl (C=O) groups is 2. The molecule has 1 aromatic rings. The van der Waals surface area contributed by atoms with E-state index in [4.69, 9.17) is 0 Å². The van der Waals surface area contributed by atoms with Crippen LogP contribution in [0.1, 0.15) is 49.0 Å². The van der Waals surface area contributed by atoms with Crippen LogP contribution in [-0.4, -0.2) is 29.7 Å². The monoisotopic (exact) mass is 273 g/mol.